The predicted molar refractivity (Wildman–Crippen MR) is 91.9 cm³/mol. The summed E-state index contributed by atoms with van der Waals surface area (Å²) < 4.78 is 0. The lowest BCUT2D eigenvalue weighted by Gasteiger charge is -2.06. The van der Waals surface area contributed by atoms with Gasteiger partial charge in [0.05, 0.1) is 5.70 Å². The van der Waals surface area contributed by atoms with Crippen LogP contribution in [0, 0.1) is 0 Å². The van der Waals surface area contributed by atoms with E-state index in [2.05, 4.69) is 49.0 Å². The number of rotatable bonds is 4. The van der Waals surface area contributed by atoms with Gasteiger partial charge in [-0.3, -0.25) is 0 Å². The van der Waals surface area contributed by atoms with E-state index in [0.29, 0.717) is 5.84 Å². The molecule has 0 aromatic heterocycles. The van der Waals surface area contributed by atoms with E-state index in [1.54, 1.807) is 0 Å². The molecule has 1 aromatic carbocycles. The van der Waals surface area contributed by atoms with Crippen LogP contribution in [0.15, 0.2) is 88.0 Å². The Balaban J connectivity index is 2.39. The molecule has 21 heavy (non-hydrogen) atoms. The van der Waals surface area contributed by atoms with Gasteiger partial charge in [-0.1, -0.05) is 73.7 Å². The second-order valence-electron chi connectivity index (χ2n) is 4.64. The molecule has 0 heterocycles. The van der Waals surface area contributed by atoms with Gasteiger partial charge in [-0.05, 0) is 25.1 Å². The van der Waals surface area contributed by atoms with Gasteiger partial charge in [0.15, 0.2) is 5.84 Å². The summed E-state index contributed by atoms with van der Waals surface area (Å²) in [5, 5.41) is 0. The first-order valence-corrected chi connectivity index (χ1v) is 7.20. The maximum atomic E-state index is 4.72. The molecule has 0 bridgehead atoms. The lowest BCUT2D eigenvalue weighted by molar-refractivity contribution is 1.16. The molecule has 0 spiro atoms. The highest BCUT2D eigenvalue weighted by Gasteiger charge is 2.05. The Bertz CT molecular complexity index is 629. The fourth-order valence-electron chi connectivity index (χ4n) is 2.08. The zero-order valence-corrected chi connectivity index (χ0v) is 12.4. The van der Waals surface area contributed by atoms with Crippen molar-refractivity contribution in [1.82, 2.24) is 0 Å². The molecule has 0 fully saturated rings. The smallest absolute Gasteiger partial charge is 0.159 e. The highest BCUT2D eigenvalue weighted by atomic mass is 14.9. The van der Waals surface area contributed by atoms with Gasteiger partial charge in [-0.2, -0.15) is 0 Å². The first kappa shape index (κ1) is 14.9. The fraction of sp³-hybridized carbons (Fsp3) is 0.158. The number of hydrogen-bond donors (Lipinski definition) is 0. The van der Waals surface area contributed by atoms with Crippen molar-refractivity contribution >= 4 is 12.6 Å². The molecule has 0 amide bonds. The standard InChI is InChI=1S/C19H20N2/c1-3-11-18(16-12-7-4-5-8-13-16)21-19(20-2)17-14-9-6-10-15-17/h4-7,9-15H,2-3,8H2,1H3/b18-11+,21-19?. The van der Waals surface area contributed by atoms with Crippen molar-refractivity contribution in [3.05, 3.63) is 83.6 Å². The lowest BCUT2D eigenvalue weighted by atomic mass is 10.1. The minimum Gasteiger partial charge on any atom is -0.245 e. The van der Waals surface area contributed by atoms with Crippen LogP contribution in [0.3, 0.4) is 0 Å². The lowest BCUT2D eigenvalue weighted by Crippen LogP contribution is -1.98. The molecule has 1 aliphatic carbocycles. The van der Waals surface area contributed by atoms with Gasteiger partial charge in [-0.15, -0.1) is 0 Å². The third-order valence-corrected chi connectivity index (χ3v) is 3.10. The van der Waals surface area contributed by atoms with Crippen molar-refractivity contribution in [3.63, 3.8) is 0 Å². The molecule has 0 saturated carbocycles. The van der Waals surface area contributed by atoms with Crippen LogP contribution in [0.5, 0.6) is 0 Å². The zero-order valence-electron chi connectivity index (χ0n) is 12.4. The van der Waals surface area contributed by atoms with Crippen molar-refractivity contribution in [1.29, 1.82) is 0 Å². The molecular formula is C19H20N2. The fourth-order valence-corrected chi connectivity index (χ4v) is 2.08. The summed E-state index contributed by atoms with van der Waals surface area (Å²) in [5.74, 6) is 0.654. The summed E-state index contributed by atoms with van der Waals surface area (Å²) in [6, 6.07) is 9.93. The molecule has 2 heteroatoms. The molecular weight excluding hydrogens is 256 g/mol. The topological polar surface area (TPSA) is 24.7 Å². The first-order chi connectivity index (χ1) is 10.3. The van der Waals surface area contributed by atoms with Crippen molar-refractivity contribution in [2.24, 2.45) is 9.98 Å². The summed E-state index contributed by atoms with van der Waals surface area (Å²) in [7, 11) is 0. The van der Waals surface area contributed by atoms with Crippen molar-refractivity contribution in [3.8, 4) is 0 Å². The highest BCUT2D eigenvalue weighted by molar-refractivity contribution is 6.02. The van der Waals surface area contributed by atoms with Gasteiger partial charge in [0.2, 0.25) is 0 Å². The molecule has 0 N–H and O–H groups in total. The molecule has 1 aromatic rings. The molecule has 106 valence electrons. The van der Waals surface area contributed by atoms with Crippen LogP contribution < -0.4 is 0 Å². The average molecular weight is 276 g/mol. The molecule has 1 aliphatic rings. The summed E-state index contributed by atoms with van der Waals surface area (Å²) in [6.45, 7) is 5.77. The quantitative estimate of drug-likeness (QED) is 0.553. The summed E-state index contributed by atoms with van der Waals surface area (Å²) in [4.78, 5) is 8.81. The Labute approximate surface area is 126 Å². The molecule has 0 unspecified atom stereocenters. The van der Waals surface area contributed by atoms with Crippen LogP contribution in [0.1, 0.15) is 25.3 Å². The monoisotopic (exact) mass is 276 g/mol. The summed E-state index contributed by atoms with van der Waals surface area (Å²) in [6.07, 6.45) is 14.5. The van der Waals surface area contributed by atoms with Crippen molar-refractivity contribution in [2.45, 2.75) is 19.8 Å². The highest BCUT2D eigenvalue weighted by Crippen LogP contribution is 2.19. The SMILES string of the molecule is C=NC(=N/C(=C/CC)C1=CCC=CC=C1)c1ccccc1. The van der Waals surface area contributed by atoms with Gasteiger partial charge >= 0.3 is 0 Å². The molecule has 0 aliphatic heterocycles. The predicted octanol–water partition coefficient (Wildman–Crippen LogP) is 4.87. The Hall–Kier alpha value is -2.48. The Morgan fingerprint density at radius 3 is 2.76 bits per heavy atom. The third kappa shape index (κ3) is 4.25. The van der Waals surface area contributed by atoms with Gasteiger partial charge in [-0.25, -0.2) is 9.98 Å². The largest absolute Gasteiger partial charge is 0.245 e. The van der Waals surface area contributed by atoms with Gasteiger partial charge < -0.3 is 0 Å². The normalized spacial score (nSPS) is 15.6. The average Bonchev–Trinajstić information content (AvgIpc) is 2.81. The van der Waals surface area contributed by atoms with Gasteiger partial charge in [0.25, 0.3) is 0 Å². The van der Waals surface area contributed by atoms with E-state index in [1.807, 2.05) is 36.4 Å². The minimum absolute atomic E-state index is 0.654. The van der Waals surface area contributed by atoms with Crippen molar-refractivity contribution < 1.29 is 0 Å². The minimum atomic E-state index is 0.654. The third-order valence-electron chi connectivity index (χ3n) is 3.10. The van der Waals surface area contributed by atoms with Crippen LogP contribution in [0.2, 0.25) is 0 Å². The Morgan fingerprint density at radius 2 is 2.05 bits per heavy atom. The van der Waals surface area contributed by atoms with E-state index in [1.165, 1.54) is 0 Å². The van der Waals surface area contributed by atoms with E-state index in [9.17, 15) is 0 Å². The Morgan fingerprint density at radius 1 is 1.24 bits per heavy atom. The van der Waals surface area contributed by atoms with Crippen LogP contribution >= 0.6 is 0 Å². The maximum absolute atomic E-state index is 4.72. The van der Waals surface area contributed by atoms with E-state index in [-0.39, 0.29) is 0 Å². The Kier molecular flexibility index (Phi) is 5.65. The van der Waals surface area contributed by atoms with E-state index in [4.69, 9.17) is 4.99 Å². The van der Waals surface area contributed by atoms with E-state index in [0.717, 1.165) is 29.7 Å². The molecule has 2 rings (SSSR count). The summed E-state index contributed by atoms with van der Waals surface area (Å²) >= 11 is 0. The van der Waals surface area contributed by atoms with Gasteiger partial charge in [0.1, 0.15) is 0 Å². The molecule has 2 nitrogen and oxygen atoms in total. The molecule has 0 saturated heterocycles. The molecule has 0 atom stereocenters. The zero-order chi connectivity index (χ0) is 14.9. The van der Waals surface area contributed by atoms with Crippen LogP contribution in [0.25, 0.3) is 0 Å². The second-order valence-corrected chi connectivity index (χ2v) is 4.64. The van der Waals surface area contributed by atoms with Crippen LogP contribution in [-0.2, 0) is 0 Å². The number of nitrogens with zero attached hydrogens (tertiary/aromatic N) is 2. The number of aliphatic imine (C=N–C) groups is 2. The van der Waals surface area contributed by atoms with Gasteiger partial charge in [0, 0.05) is 5.56 Å². The van der Waals surface area contributed by atoms with Crippen LogP contribution in [-0.4, -0.2) is 12.6 Å². The number of amidine groups is 1. The second kappa shape index (κ2) is 7.95. The van der Waals surface area contributed by atoms with Crippen molar-refractivity contribution in [2.75, 3.05) is 0 Å². The number of hydrogen-bond acceptors (Lipinski definition) is 1. The van der Waals surface area contributed by atoms with Crippen LogP contribution in [0.4, 0.5) is 0 Å². The van der Waals surface area contributed by atoms with E-state index >= 15 is 0 Å². The first-order valence-electron chi connectivity index (χ1n) is 7.20. The number of benzene rings is 1. The van der Waals surface area contributed by atoms with E-state index < -0.39 is 0 Å². The summed E-state index contributed by atoms with van der Waals surface area (Å²) in [5.41, 5.74) is 3.05. The molecule has 0 radical (unpaired) electrons. The number of allylic oxidation sites excluding steroid dienone is 6. The maximum Gasteiger partial charge on any atom is 0.159 e.